The minimum absolute atomic E-state index is 0.346. The summed E-state index contributed by atoms with van der Waals surface area (Å²) in [4.78, 5) is 28.3. The Balaban J connectivity index is 1.56. The molecule has 1 aromatic heterocycles. The van der Waals surface area contributed by atoms with Gasteiger partial charge in [-0.15, -0.1) is 23.5 Å². The quantitative estimate of drug-likeness (QED) is 0.739. The fraction of sp³-hybridized carbons (Fsp3) is 0.278. The molecule has 1 aliphatic rings. The van der Waals surface area contributed by atoms with Gasteiger partial charge in [-0.2, -0.15) is 0 Å². The van der Waals surface area contributed by atoms with Crippen LogP contribution in [0.25, 0.3) is 0 Å². The fourth-order valence-electron chi connectivity index (χ4n) is 2.29. The maximum atomic E-state index is 12.2. The van der Waals surface area contributed by atoms with Crippen LogP contribution in [0.1, 0.15) is 27.4 Å². The van der Waals surface area contributed by atoms with Crippen LogP contribution in [0.3, 0.4) is 0 Å². The van der Waals surface area contributed by atoms with Gasteiger partial charge in [0.05, 0.1) is 15.2 Å². The molecule has 3 rings (SSSR count). The van der Waals surface area contributed by atoms with Gasteiger partial charge in [0.25, 0.3) is 5.91 Å². The highest BCUT2D eigenvalue weighted by Crippen LogP contribution is 2.45. The van der Waals surface area contributed by atoms with Crippen molar-refractivity contribution in [3.05, 3.63) is 58.7 Å². The summed E-state index contributed by atoms with van der Waals surface area (Å²) >= 11 is 9.56. The molecule has 2 heterocycles. The number of esters is 1. The Morgan fingerprint density at radius 3 is 2.50 bits per heavy atom. The molecule has 0 unspecified atom stereocenters. The maximum Gasteiger partial charge on any atom is 0.338 e. The lowest BCUT2D eigenvalue weighted by atomic mass is 10.1. The molecule has 5 nitrogen and oxygen atoms in total. The first-order chi connectivity index (χ1) is 12.5. The van der Waals surface area contributed by atoms with Gasteiger partial charge in [0.2, 0.25) is 0 Å². The number of anilines is 1. The largest absolute Gasteiger partial charge is 0.449 e. The minimum Gasteiger partial charge on any atom is -0.449 e. The van der Waals surface area contributed by atoms with Crippen molar-refractivity contribution in [2.24, 2.45) is 0 Å². The van der Waals surface area contributed by atoms with E-state index in [9.17, 15) is 9.59 Å². The van der Waals surface area contributed by atoms with E-state index in [1.807, 2.05) is 35.7 Å². The fourth-order valence-corrected chi connectivity index (χ4v) is 5.26. The summed E-state index contributed by atoms with van der Waals surface area (Å²) in [5, 5.41) is 3.05. The molecule has 1 aromatic carbocycles. The van der Waals surface area contributed by atoms with Crippen molar-refractivity contribution in [1.82, 2.24) is 4.98 Å². The highest BCUT2D eigenvalue weighted by Gasteiger charge is 2.21. The van der Waals surface area contributed by atoms with E-state index in [2.05, 4.69) is 10.3 Å². The van der Waals surface area contributed by atoms with Crippen molar-refractivity contribution in [3.63, 3.8) is 0 Å². The third-order valence-corrected chi connectivity index (χ3v) is 7.00. The summed E-state index contributed by atoms with van der Waals surface area (Å²) in [6.45, 7) is 1.52. The number of halogens is 1. The van der Waals surface area contributed by atoms with Crippen LogP contribution in [0.15, 0.2) is 42.6 Å². The van der Waals surface area contributed by atoms with E-state index in [1.165, 1.54) is 18.7 Å². The van der Waals surface area contributed by atoms with Gasteiger partial charge in [-0.05, 0) is 36.8 Å². The highest BCUT2D eigenvalue weighted by atomic mass is 35.5. The normalized spacial score (nSPS) is 15.5. The lowest BCUT2D eigenvalue weighted by Gasteiger charge is -2.14. The monoisotopic (exact) mass is 408 g/mol. The van der Waals surface area contributed by atoms with Gasteiger partial charge in [0.15, 0.2) is 6.10 Å². The van der Waals surface area contributed by atoms with Crippen LogP contribution in [0.4, 0.5) is 5.82 Å². The summed E-state index contributed by atoms with van der Waals surface area (Å²) in [6, 6.07) is 10.5. The van der Waals surface area contributed by atoms with Gasteiger partial charge >= 0.3 is 5.97 Å². The lowest BCUT2D eigenvalue weighted by molar-refractivity contribution is -0.123. The number of nitrogens with one attached hydrogen (secondary N) is 1. The van der Waals surface area contributed by atoms with Crippen LogP contribution in [0.5, 0.6) is 0 Å². The zero-order valence-corrected chi connectivity index (χ0v) is 16.4. The number of rotatable bonds is 5. The van der Waals surface area contributed by atoms with E-state index in [0.29, 0.717) is 21.0 Å². The van der Waals surface area contributed by atoms with Crippen LogP contribution >= 0.6 is 35.1 Å². The Morgan fingerprint density at radius 1 is 1.19 bits per heavy atom. The van der Waals surface area contributed by atoms with Crippen molar-refractivity contribution in [1.29, 1.82) is 0 Å². The Kier molecular flexibility index (Phi) is 6.45. The lowest BCUT2D eigenvalue weighted by Crippen LogP contribution is -2.30. The summed E-state index contributed by atoms with van der Waals surface area (Å²) in [6.07, 6.45) is 0.483. The second kappa shape index (κ2) is 8.79. The van der Waals surface area contributed by atoms with E-state index in [0.717, 1.165) is 11.5 Å². The van der Waals surface area contributed by atoms with E-state index in [-0.39, 0.29) is 0 Å². The summed E-state index contributed by atoms with van der Waals surface area (Å²) in [5.74, 6) is 1.65. The molecule has 0 radical (unpaired) electrons. The molecule has 0 bridgehead atoms. The molecule has 0 spiro atoms. The standard InChI is InChI=1S/C18H17ClN2O3S2/c1-11(16(22)21-15-7-6-14(19)10-20-15)24-17(23)12-2-4-13(5-3-12)18-25-8-9-26-18/h2-7,10-11,18H,8-9H2,1H3,(H,20,21,22)/t11-/m1/s1. The SMILES string of the molecule is C[C@@H](OC(=O)c1ccc(C2SCCS2)cc1)C(=O)Nc1ccc(Cl)cn1. The summed E-state index contributed by atoms with van der Waals surface area (Å²) < 4.78 is 5.67. The van der Waals surface area contributed by atoms with Crippen LogP contribution in [-0.2, 0) is 9.53 Å². The Morgan fingerprint density at radius 2 is 1.88 bits per heavy atom. The first-order valence-electron chi connectivity index (χ1n) is 7.99. The molecule has 1 atom stereocenters. The molecule has 0 aliphatic carbocycles. The molecule has 26 heavy (non-hydrogen) atoms. The predicted octanol–water partition coefficient (Wildman–Crippen LogP) is 4.40. The highest BCUT2D eigenvalue weighted by molar-refractivity contribution is 8.19. The van der Waals surface area contributed by atoms with Gasteiger partial charge in [-0.1, -0.05) is 23.7 Å². The molecule has 136 valence electrons. The second-order valence-electron chi connectivity index (χ2n) is 5.59. The molecule has 8 heteroatoms. The molecule has 1 N–H and O–H groups in total. The minimum atomic E-state index is -0.944. The first kappa shape index (κ1) is 19.1. The molecule has 1 amide bonds. The number of benzene rings is 1. The van der Waals surface area contributed by atoms with Crippen LogP contribution in [0, 0.1) is 0 Å². The van der Waals surface area contributed by atoms with E-state index in [4.69, 9.17) is 16.3 Å². The van der Waals surface area contributed by atoms with Gasteiger partial charge in [-0.3, -0.25) is 4.79 Å². The third kappa shape index (κ3) is 4.93. The molecular formula is C18H17ClN2O3S2. The number of amides is 1. The number of thioether (sulfide) groups is 2. The molecule has 1 fully saturated rings. The number of ether oxygens (including phenoxy) is 1. The Labute approximate surface area is 165 Å². The predicted molar refractivity (Wildman–Crippen MR) is 107 cm³/mol. The Hall–Kier alpha value is -1.70. The van der Waals surface area contributed by atoms with Crippen molar-refractivity contribution < 1.29 is 14.3 Å². The smallest absolute Gasteiger partial charge is 0.338 e. The maximum absolute atomic E-state index is 12.2. The molecule has 1 saturated heterocycles. The van der Waals surface area contributed by atoms with Gasteiger partial charge in [-0.25, -0.2) is 9.78 Å². The number of pyridine rings is 1. The third-order valence-electron chi connectivity index (χ3n) is 3.67. The van der Waals surface area contributed by atoms with E-state index >= 15 is 0 Å². The summed E-state index contributed by atoms with van der Waals surface area (Å²) in [7, 11) is 0. The zero-order chi connectivity index (χ0) is 18.5. The molecule has 0 saturated carbocycles. The molecular weight excluding hydrogens is 392 g/mol. The topological polar surface area (TPSA) is 68.3 Å². The summed E-state index contributed by atoms with van der Waals surface area (Å²) in [5.41, 5.74) is 1.61. The average molecular weight is 409 g/mol. The molecule has 1 aliphatic heterocycles. The number of nitrogens with zero attached hydrogens (tertiary/aromatic N) is 1. The number of carbonyl (C=O) groups excluding carboxylic acids is 2. The van der Waals surface area contributed by atoms with Crippen LogP contribution in [-0.4, -0.2) is 34.5 Å². The first-order valence-corrected chi connectivity index (χ1v) is 10.5. The average Bonchev–Trinajstić information content (AvgIpc) is 3.18. The second-order valence-corrected chi connectivity index (χ2v) is 8.75. The van der Waals surface area contributed by atoms with Crippen molar-refractivity contribution >= 4 is 52.8 Å². The number of hydrogen-bond acceptors (Lipinski definition) is 6. The Bertz CT molecular complexity index is 778. The van der Waals surface area contributed by atoms with Crippen molar-refractivity contribution in [3.8, 4) is 0 Å². The number of carbonyl (C=O) groups is 2. The molecule has 2 aromatic rings. The zero-order valence-electron chi connectivity index (χ0n) is 14.0. The van der Waals surface area contributed by atoms with E-state index in [1.54, 1.807) is 24.3 Å². The number of hydrogen-bond donors (Lipinski definition) is 1. The van der Waals surface area contributed by atoms with Gasteiger partial charge in [0.1, 0.15) is 5.82 Å². The van der Waals surface area contributed by atoms with Crippen LogP contribution in [0.2, 0.25) is 5.02 Å². The van der Waals surface area contributed by atoms with Crippen LogP contribution < -0.4 is 5.32 Å². The number of aromatic nitrogens is 1. The van der Waals surface area contributed by atoms with Crippen molar-refractivity contribution in [2.45, 2.75) is 17.6 Å². The van der Waals surface area contributed by atoms with Crippen molar-refractivity contribution in [2.75, 3.05) is 16.8 Å². The van der Waals surface area contributed by atoms with Gasteiger partial charge in [0, 0.05) is 17.7 Å². The van der Waals surface area contributed by atoms with E-state index < -0.39 is 18.0 Å². The van der Waals surface area contributed by atoms with Gasteiger partial charge < -0.3 is 10.1 Å².